The summed E-state index contributed by atoms with van der Waals surface area (Å²) in [5, 5.41) is 0. The predicted octanol–water partition coefficient (Wildman–Crippen LogP) is 1.92. The Balaban J connectivity index is 2.83. The molecule has 16 heavy (non-hydrogen) atoms. The topological polar surface area (TPSA) is 63.8 Å². The lowest BCUT2D eigenvalue weighted by Crippen LogP contribution is -2.41. The molecule has 0 spiro atoms. The van der Waals surface area contributed by atoms with Gasteiger partial charge in [0.05, 0.1) is 11.0 Å². The molecule has 3 N–H and O–H groups in total. The van der Waals surface area contributed by atoms with Gasteiger partial charge in [-0.05, 0) is 38.2 Å². The lowest BCUT2D eigenvalue weighted by atomic mass is 10.0. The van der Waals surface area contributed by atoms with Crippen molar-refractivity contribution in [2.75, 3.05) is 0 Å². The van der Waals surface area contributed by atoms with Gasteiger partial charge in [-0.15, -0.1) is 0 Å². The van der Waals surface area contributed by atoms with Crippen LogP contribution < -0.4 is 5.73 Å². The van der Waals surface area contributed by atoms with Crippen LogP contribution in [0.4, 0.5) is 0 Å². The van der Waals surface area contributed by atoms with Crippen molar-refractivity contribution in [1.29, 1.82) is 0 Å². The summed E-state index contributed by atoms with van der Waals surface area (Å²) in [5.74, 6) is -0.409. The van der Waals surface area contributed by atoms with Gasteiger partial charge in [0, 0.05) is 0 Å². The normalized spacial score (nSPS) is 11.9. The van der Waals surface area contributed by atoms with Crippen LogP contribution in [0.15, 0.2) is 24.3 Å². The quantitative estimate of drug-likeness (QED) is 0.781. The van der Waals surface area contributed by atoms with Crippen LogP contribution in [0.3, 0.4) is 0 Å². The number of carbonyl (C=O) groups is 1. The number of imidazole rings is 1. The van der Waals surface area contributed by atoms with Gasteiger partial charge in [-0.25, -0.2) is 0 Å². The summed E-state index contributed by atoms with van der Waals surface area (Å²) in [5.41, 5.74) is 6.35. The molecule has 0 bridgehead atoms. The minimum Gasteiger partial charge on any atom is -0.368 e. The minimum absolute atomic E-state index is 0.409. The van der Waals surface area contributed by atoms with E-state index in [4.69, 9.17) is 18.0 Å². The van der Waals surface area contributed by atoms with Gasteiger partial charge in [0.25, 0.3) is 0 Å². The van der Waals surface area contributed by atoms with E-state index in [0.717, 1.165) is 11.0 Å². The number of amides is 1. The van der Waals surface area contributed by atoms with Crippen molar-refractivity contribution in [3.8, 4) is 0 Å². The summed E-state index contributed by atoms with van der Waals surface area (Å²) >= 11 is 5.22. The Kier molecular flexibility index (Phi) is 2.35. The Morgan fingerprint density at radius 2 is 2.06 bits per heavy atom. The molecule has 0 aliphatic carbocycles. The lowest BCUT2D eigenvalue weighted by molar-refractivity contribution is -0.124. The highest BCUT2D eigenvalue weighted by Crippen LogP contribution is 2.23. The van der Waals surface area contributed by atoms with Gasteiger partial charge < -0.3 is 15.3 Å². The highest BCUT2D eigenvalue weighted by molar-refractivity contribution is 7.71. The number of nitrogens with two attached hydrogens (primary N) is 1. The number of primary amides is 1. The Bertz CT molecular complexity index is 609. The zero-order valence-corrected chi connectivity index (χ0v) is 9.97. The van der Waals surface area contributed by atoms with E-state index >= 15 is 0 Å². The van der Waals surface area contributed by atoms with Crippen molar-refractivity contribution in [3.05, 3.63) is 29.0 Å². The first-order chi connectivity index (χ1) is 7.44. The number of rotatable bonds is 2. The molecule has 0 unspecified atom stereocenters. The number of nitrogens with zero attached hydrogens (tertiary/aromatic N) is 1. The molecule has 5 heteroatoms. The van der Waals surface area contributed by atoms with E-state index in [1.807, 2.05) is 24.3 Å². The van der Waals surface area contributed by atoms with Crippen molar-refractivity contribution >= 4 is 29.2 Å². The molecule has 0 saturated heterocycles. The standard InChI is InChI=1S/C11H13N3OS/c1-11(2,9(12)15)14-8-6-4-3-5-7(8)13-10(14)16/h3-6H,1-2H3,(H2,12,15)(H,13,16). The van der Waals surface area contributed by atoms with Gasteiger partial charge in [0.1, 0.15) is 5.54 Å². The van der Waals surface area contributed by atoms with Gasteiger partial charge in [0.15, 0.2) is 4.77 Å². The molecule has 0 aliphatic rings. The first-order valence-corrected chi connectivity index (χ1v) is 5.35. The molecule has 2 rings (SSSR count). The van der Waals surface area contributed by atoms with E-state index in [1.54, 1.807) is 18.4 Å². The summed E-state index contributed by atoms with van der Waals surface area (Å²) in [6, 6.07) is 7.64. The zero-order valence-electron chi connectivity index (χ0n) is 9.15. The summed E-state index contributed by atoms with van der Waals surface area (Å²) < 4.78 is 2.25. The van der Waals surface area contributed by atoms with Crippen LogP contribution in [0.1, 0.15) is 13.8 Å². The Morgan fingerprint density at radius 3 is 2.69 bits per heavy atom. The first kappa shape index (κ1) is 10.9. The van der Waals surface area contributed by atoms with E-state index in [-0.39, 0.29) is 0 Å². The number of aromatic nitrogens is 2. The van der Waals surface area contributed by atoms with Gasteiger partial charge in [-0.1, -0.05) is 12.1 Å². The molecule has 0 atom stereocenters. The molecule has 4 nitrogen and oxygen atoms in total. The van der Waals surface area contributed by atoms with Crippen molar-refractivity contribution in [2.24, 2.45) is 5.73 Å². The maximum Gasteiger partial charge on any atom is 0.243 e. The number of fused-ring (bicyclic) bond motifs is 1. The van der Waals surface area contributed by atoms with Crippen LogP contribution >= 0.6 is 12.2 Å². The second kappa shape index (κ2) is 3.45. The van der Waals surface area contributed by atoms with Crippen LogP contribution in [0, 0.1) is 4.77 Å². The molecule has 0 saturated carbocycles. The van der Waals surface area contributed by atoms with Crippen molar-refractivity contribution in [1.82, 2.24) is 9.55 Å². The molecular formula is C11H13N3OS. The van der Waals surface area contributed by atoms with Gasteiger partial charge in [0.2, 0.25) is 5.91 Å². The largest absolute Gasteiger partial charge is 0.368 e. The number of carbonyl (C=O) groups excluding carboxylic acids is 1. The Hall–Kier alpha value is -1.62. The average Bonchev–Trinajstić information content (AvgIpc) is 2.53. The smallest absolute Gasteiger partial charge is 0.243 e. The van der Waals surface area contributed by atoms with E-state index < -0.39 is 11.4 Å². The van der Waals surface area contributed by atoms with Crippen molar-refractivity contribution in [2.45, 2.75) is 19.4 Å². The molecule has 0 aliphatic heterocycles. The number of hydrogen-bond acceptors (Lipinski definition) is 2. The van der Waals surface area contributed by atoms with E-state index in [9.17, 15) is 4.79 Å². The number of benzene rings is 1. The third-order valence-corrected chi connectivity index (χ3v) is 3.04. The fourth-order valence-electron chi connectivity index (χ4n) is 1.72. The molecule has 2 aromatic rings. The van der Waals surface area contributed by atoms with E-state index in [1.165, 1.54) is 0 Å². The fourth-order valence-corrected chi connectivity index (χ4v) is 2.16. The van der Waals surface area contributed by atoms with Crippen LogP contribution in [0.25, 0.3) is 11.0 Å². The first-order valence-electron chi connectivity index (χ1n) is 4.95. The van der Waals surface area contributed by atoms with E-state index in [2.05, 4.69) is 4.98 Å². The summed E-state index contributed by atoms with van der Waals surface area (Å²) in [6.07, 6.45) is 0. The maximum atomic E-state index is 11.5. The molecule has 0 radical (unpaired) electrons. The van der Waals surface area contributed by atoms with Gasteiger partial charge in [-0.2, -0.15) is 0 Å². The van der Waals surface area contributed by atoms with Crippen LogP contribution in [0.2, 0.25) is 0 Å². The Labute approximate surface area is 98.1 Å². The molecule has 0 fully saturated rings. The van der Waals surface area contributed by atoms with Crippen LogP contribution in [-0.4, -0.2) is 15.5 Å². The third kappa shape index (κ3) is 1.44. The number of aromatic amines is 1. The molecule has 1 amide bonds. The number of nitrogens with one attached hydrogen (secondary N) is 1. The van der Waals surface area contributed by atoms with Crippen molar-refractivity contribution < 1.29 is 4.79 Å². The molecular weight excluding hydrogens is 222 g/mol. The molecule has 1 heterocycles. The van der Waals surface area contributed by atoms with E-state index in [0.29, 0.717) is 4.77 Å². The highest BCUT2D eigenvalue weighted by Gasteiger charge is 2.29. The van der Waals surface area contributed by atoms with Crippen LogP contribution in [0.5, 0.6) is 0 Å². The second-order valence-corrected chi connectivity index (χ2v) is 4.59. The summed E-state index contributed by atoms with van der Waals surface area (Å²) in [4.78, 5) is 14.5. The molecule has 1 aromatic carbocycles. The monoisotopic (exact) mass is 235 g/mol. The predicted molar refractivity (Wildman–Crippen MR) is 65.6 cm³/mol. The average molecular weight is 235 g/mol. The third-order valence-electron chi connectivity index (χ3n) is 2.75. The number of H-pyrrole nitrogens is 1. The number of hydrogen-bond donors (Lipinski definition) is 2. The van der Waals surface area contributed by atoms with Gasteiger partial charge >= 0.3 is 0 Å². The van der Waals surface area contributed by atoms with Crippen molar-refractivity contribution in [3.63, 3.8) is 0 Å². The maximum absolute atomic E-state index is 11.5. The summed E-state index contributed by atoms with van der Waals surface area (Å²) in [6.45, 7) is 3.51. The lowest BCUT2D eigenvalue weighted by Gasteiger charge is -2.23. The number of para-hydroxylation sites is 2. The Morgan fingerprint density at radius 1 is 1.44 bits per heavy atom. The van der Waals surface area contributed by atoms with Gasteiger partial charge in [-0.3, -0.25) is 4.79 Å². The second-order valence-electron chi connectivity index (χ2n) is 4.21. The highest BCUT2D eigenvalue weighted by atomic mass is 32.1. The summed E-state index contributed by atoms with van der Waals surface area (Å²) in [7, 11) is 0. The zero-order chi connectivity index (χ0) is 11.9. The minimum atomic E-state index is -0.837. The molecule has 84 valence electrons. The fraction of sp³-hybridized carbons (Fsp3) is 0.273. The SMILES string of the molecule is CC(C)(C(N)=O)n1c(=S)[nH]c2ccccc21. The molecule has 1 aromatic heterocycles. The van der Waals surface area contributed by atoms with Crippen LogP contribution in [-0.2, 0) is 10.3 Å².